The predicted molar refractivity (Wildman–Crippen MR) is 120 cm³/mol. The molecule has 2 unspecified atom stereocenters. The highest BCUT2D eigenvalue weighted by Gasteiger charge is 2.70. The SMILES string of the molecule is COc1ccc(C23Oc4cc(/C=C/C(=O)O)ccc4OC2(O)C(=O)c2c(O)cc(O)cc2O3)cc1O. The maximum atomic E-state index is 13.6. The molecule has 0 aromatic heterocycles. The first kappa shape index (κ1) is 22.9. The lowest BCUT2D eigenvalue weighted by Gasteiger charge is -2.50. The second-order valence-electron chi connectivity index (χ2n) is 8.00. The number of hydrogen-bond acceptors (Lipinski definition) is 10. The molecule has 0 aliphatic carbocycles. The fraction of sp³-hybridized carbons (Fsp3) is 0.120. The standard InChI is InChI=1S/C25H18O11/c1-33-17-6-4-13(9-15(17)27)25-24(32,23(31)22-16(28)10-14(26)11-20(22)36-25)34-18-5-2-12(3-7-21(29)30)8-19(18)35-25/h2-11,26-28,32H,1H3,(H,29,30)/b7-3+. The molecule has 184 valence electrons. The molecule has 3 aromatic carbocycles. The number of carbonyl (C=O) groups excluding carboxylic acids is 1. The Morgan fingerprint density at radius 3 is 2.36 bits per heavy atom. The van der Waals surface area contributed by atoms with Crippen molar-refractivity contribution in [2.24, 2.45) is 0 Å². The van der Waals surface area contributed by atoms with Crippen LogP contribution in [0.15, 0.2) is 54.6 Å². The van der Waals surface area contributed by atoms with Crippen LogP contribution in [0.25, 0.3) is 6.08 Å². The van der Waals surface area contributed by atoms with Gasteiger partial charge in [0.25, 0.3) is 5.78 Å². The van der Waals surface area contributed by atoms with Crippen LogP contribution < -0.4 is 18.9 Å². The molecule has 2 aliphatic rings. The van der Waals surface area contributed by atoms with Crippen molar-refractivity contribution in [1.82, 2.24) is 0 Å². The number of ketones is 1. The molecule has 2 atom stereocenters. The van der Waals surface area contributed by atoms with Gasteiger partial charge in [-0.1, -0.05) is 6.07 Å². The van der Waals surface area contributed by atoms with Crippen molar-refractivity contribution in [3.63, 3.8) is 0 Å². The number of benzene rings is 3. The lowest BCUT2D eigenvalue weighted by molar-refractivity contribution is -0.316. The first-order valence-electron chi connectivity index (χ1n) is 10.4. The van der Waals surface area contributed by atoms with Crippen LogP contribution in [-0.4, -0.2) is 50.2 Å². The molecule has 0 saturated heterocycles. The second kappa shape index (κ2) is 7.82. The zero-order valence-electron chi connectivity index (χ0n) is 18.5. The van der Waals surface area contributed by atoms with E-state index in [4.69, 9.17) is 24.1 Å². The molecule has 0 bridgehead atoms. The second-order valence-corrected chi connectivity index (χ2v) is 8.00. The normalized spacial score (nSPS) is 21.9. The molecule has 2 aliphatic heterocycles. The number of fused-ring (bicyclic) bond motifs is 3. The van der Waals surface area contributed by atoms with Gasteiger partial charge in [-0.3, -0.25) is 4.79 Å². The minimum atomic E-state index is -2.92. The molecule has 0 fully saturated rings. The fourth-order valence-electron chi connectivity index (χ4n) is 4.12. The van der Waals surface area contributed by atoms with Crippen molar-refractivity contribution in [2.75, 3.05) is 7.11 Å². The topological polar surface area (TPSA) is 172 Å². The summed E-state index contributed by atoms with van der Waals surface area (Å²) < 4.78 is 22.8. The Bertz CT molecular complexity index is 1460. The van der Waals surface area contributed by atoms with E-state index in [9.17, 15) is 30.0 Å². The van der Waals surface area contributed by atoms with Gasteiger partial charge in [0.05, 0.1) is 7.11 Å². The van der Waals surface area contributed by atoms with Gasteiger partial charge in [0.1, 0.15) is 22.8 Å². The Morgan fingerprint density at radius 2 is 1.67 bits per heavy atom. The van der Waals surface area contributed by atoms with E-state index >= 15 is 0 Å². The number of aliphatic carboxylic acids is 1. The van der Waals surface area contributed by atoms with Crippen molar-refractivity contribution in [3.05, 3.63) is 71.3 Å². The highest BCUT2D eigenvalue weighted by Crippen LogP contribution is 2.55. The molecule has 11 nitrogen and oxygen atoms in total. The number of phenolic OH excluding ortho intramolecular Hbond substituents is 3. The number of hydrogen-bond donors (Lipinski definition) is 5. The van der Waals surface area contributed by atoms with Gasteiger partial charge in [0.15, 0.2) is 23.0 Å². The number of aromatic hydroxyl groups is 3. The van der Waals surface area contributed by atoms with E-state index in [2.05, 4.69) is 0 Å². The largest absolute Gasteiger partial charge is 0.508 e. The number of phenols is 3. The lowest BCUT2D eigenvalue weighted by Crippen LogP contribution is -2.70. The van der Waals surface area contributed by atoms with E-state index in [0.29, 0.717) is 5.56 Å². The third-order valence-electron chi connectivity index (χ3n) is 5.76. The first-order chi connectivity index (χ1) is 17.1. The van der Waals surface area contributed by atoms with Crippen LogP contribution in [0.1, 0.15) is 21.5 Å². The summed E-state index contributed by atoms with van der Waals surface area (Å²) >= 11 is 0. The molecule has 0 amide bonds. The third kappa shape index (κ3) is 3.25. The summed E-state index contributed by atoms with van der Waals surface area (Å²) in [7, 11) is 1.33. The van der Waals surface area contributed by atoms with Crippen molar-refractivity contribution in [2.45, 2.75) is 11.6 Å². The average molecular weight is 494 g/mol. The van der Waals surface area contributed by atoms with E-state index < -0.39 is 40.4 Å². The van der Waals surface area contributed by atoms with E-state index in [0.717, 1.165) is 24.3 Å². The van der Waals surface area contributed by atoms with E-state index in [1.54, 1.807) is 0 Å². The summed E-state index contributed by atoms with van der Waals surface area (Å²) in [5.74, 6) is -9.57. The van der Waals surface area contributed by atoms with Crippen molar-refractivity contribution >= 4 is 17.8 Å². The monoisotopic (exact) mass is 494 g/mol. The molecule has 0 radical (unpaired) electrons. The highest BCUT2D eigenvalue weighted by molar-refractivity contribution is 6.08. The summed E-state index contributed by atoms with van der Waals surface area (Å²) in [6, 6.07) is 9.98. The smallest absolute Gasteiger partial charge is 0.357 e. The van der Waals surface area contributed by atoms with E-state index in [-0.39, 0.29) is 34.3 Å². The Labute approximate surface area is 202 Å². The summed E-state index contributed by atoms with van der Waals surface area (Å²) in [5, 5.41) is 51.4. The van der Waals surface area contributed by atoms with E-state index in [1.807, 2.05) is 0 Å². The van der Waals surface area contributed by atoms with Crippen LogP contribution in [0.4, 0.5) is 0 Å². The number of carboxylic acids is 1. The maximum absolute atomic E-state index is 13.6. The number of methoxy groups -OCH3 is 1. The maximum Gasteiger partial charge on any atom is 0.357 e. The van der Waals surface area contributed by atoms with Crippen molar-refractivity contribution < 1.29 is 54.1 Å². The Morgan fingerprint density at radius 1 is 0.917 bits per heavy atom. The van der Waals surface area contributed by atoms with Crippen LogP contribution in [-0.2, 0) is 10.6 Å². The third-order valence-corrected chi connectivity index (χ3v) is 5.76. The first-order valence-corrected chi connectivity index (χ1v) is 10.4. The molecule has 3 aromatic rings. The summed E-state index contributed by atoms with van der Waals surface area (Å²) in [4.78, 5) is 24.5. The fourth-order valence-corrected chi connectivity index (χ4v) is 4.12. The van der Waals surface area contributed by atoms with Crippen LogP contribution in [0.2, 0.25) is 0 Å². The molecule has 5 rings (SSSR count). The zero-order chi connectivity index (χ0) is 25.8. The van der Waals surface area contributed by atoms with Crippen LogP contribution in [0.3, 0.4) is 0 Å². The molecule has 0 saturated carbocycles. The number of carboxylic acid groups (broad SMARTS) is 1. The average Bonchev–Trinajstić information content (AvgIpc) is 2.82. The summed E-state index contributed by atoms with van der Waals surface area (Å²) in [6.07, 6.45) is 2.19. The Kier molecular flexibility index (Phi) is 4.97. The van der Waals surface area contributed by atoms with Gasteiger partial charge in [0.2, 0.25) is 0 Å². The van der Waals surface area contributed by atoms with Gasteiger partial charge in [0, 0.05) is 23.8 Å². The number of carbonyl (C=O) groups is 2. The molecular weight excluding hydrogens is 476 g/mol. The molecule has 11 heteroatoms. The quantitative estimate of drug-likeness (QED) is 0.337. The minimum absolute atomic E-state index is 0.0388. The predicted octanol–water partition coefficient (Wildman–Crippen LogP) is 2.50. The zero-order valence-corrected chi connectivity index (χ0v) is 18.5. The van der Waals surface area contributed by atoms with Gasteiger partial charge < -0.3 is 44.5 Å². The number of Topliss-reactive ketones (excluding diaryl/α,β-unsaturated/α-hetero) is 1. The Balaban J connectivity index is 1.75. The van der Waals surface area contributed by atoms with Crippen molar-refractivity contribution in [3.8, 4) is 40.2 Å². The highest BCUT2D eigenvalue weighted by atomic mass is 16.8. The van der Waals surface area contributed by atoms with Gasteiger partial charge in [-0.05, 0) is 42.0 Å². The van der Waals surface area contributed by atoms with Crippen LogP contribution in [0, 0.1) is 0 Å². The van der Waals surface area contributed by atoms with Gasteiger partial charge in [-0.25, -0.2) is 4.79 Å². The van der Waals surface area contributed by atoms with Crippen molar-refractivity contribution in [1.29, 1.82) is 0 Å². The van der Waals surface area contributed by atoms with Gasteiger partial charge >= 0.3 is 17.5 Å². The molecule has 5 N–H and O–H groups in total. The summed E-state index contributed by atoms with van der Waals surface area (Å²) in [5.41, 5.74) is -0.158. The molecule has 2 heterocycles. The molecule has 36 heavy (non-hydrogen) atoms. The van der Waals surface area contributed by atoms with E-state index in [1.165, 1.54) is 43.5 Å². The number of rotatable bonds is 4. The lowest BCUT2D eigenvalue weighted by atomic mass is 9.85. The molecule has 0 spiro atoms. The number of aliphatic hydroxyl groups is 1. The molecular formula is C25H18O11. The number of ether oxygens (including phenoxy) is 4. The Hall–Kier alpha value is -4.90. The van der Waals surface area contributed by atoms with Gasteiger partial charge in [-0.15, -0.1) is 0 Å². The van der Waals surface area contributed by atoms with Crippen LogP contribution >= 0.6 is 0 Å². The minimum Gasteiger partial charge on any atom is -0.508 e. The summed E-state index contributed by atoms with van der Waals surface area (Å²) in [6.45, 7) is 0. The van der Waals surface area contributed by atoms with Gasteiger partial charge in [-0.2, -0.15) is 0 Å². The van der Waals surface area contributed by atoms with Crippen LogP contribution in [0.5, 0.6) is 40.2 Å².